The Morgan fingerprint density at radius 1 is 1.54 bits per heavy atom. The lowest BCUT2D eigenvalue weighted by Crippen LogP contribution is -2.39. The molecule has 1 N–H and O–H groups in total. The van der Waals surface area contributed by atoms with Crippen LogP contribution in [0.4, 0.5) is 0 Å². The second-order valence-electron chi connectivity index (χ2n) is 3.78. The van der Waals surface area contributed by atoms with Crippen LogP contribution in [0.5, 0.6) is 0 Å². The first-order valence-corrected chi connectivity index (χ1v) is 4.33. The minimum absolute atomic E-state index is 0.335. The van der Waals surface area contributed by atoms with Crippen LogP contribution in [0, 0.1) is 5.41 Å². The lowest BCUT2D eigenvalue weighted by Gasteiger charge is -2.33. The predicted octanol–water partition coefficient (Wildman–Crippen LogP) is 1.51. The van der Waals surface area contributed by atoms with Gasteiger partial charge in [-0.25, -0.2) is 4.79 Å². The Morgan fingerprint density at radius 2 is 2.00 bits per heavy atom. The SMILES string of the molecule is C=CC(=O)OC(C)C(C)(C)C(C)O. The topological polar surface area (TPSA) is 46.5 Å². The summed E-state index contributed by atoms with van der Waals surface area (Å²) in [6.07, 6.45) is 0.257. The summed E-state index contributed by atoms with van der Waals surface area (Å²) >= 11 is 0. The second kappa shape index (κ2) is 4.42. The van der Waals surface area contributed by atoms with Gasteiger partial charge < -0.3 is 9.84 Å². The highest BCUT2D eigenvalue weighted by molar-refractivity contribution is 5.81. The third kappa shape index (κ3) is 3.19. The van der Waals surface area contributed by atoms with Gasteiger partial charge in [-0.3, -0.25) is 0 Å². The fourth-order valence-corrected chi connectivity index (χ4v) is 0.714. The van der Waals surface area contributed by atoms with Gasteiger partial charge in [0.1, 0.15) is 6.10 Å². The maximum Gasteiger partial charge on any atom is 0.330 e. The molecule has 0 radical (unpaired) electrons. The van der Waals surface area contributed by atoms with E-state index in [0.29, 0.717) is 0 Å². The number of hydrogen-bond donors (Lipinski definition) is 1. The molecule has 13 heavy (non-hydrogen) atoms. The van der Waals surface area contributed by atoms with Crippen molar-refractivity contribution in [1.29, 1.82) is 0 Å². The Hall–Kier alpha value is -0.830. The summed E-state index contributed by atoms with van der Waals surface area (Å²) in [7, 11) is 0. The molecule has 76 valence electrons. The smallest absolute Gasteiger partial charge is 0.330 e. The van der Waals surface area contributed by atoms with Crippen LogP contribution >= 0.6 is 0 Å². The zero-order valence-electron chi connectivity index (χ0n) is 8.70. The molecule has 3 heteroatoms. The molecule has 0 rings (SSSR count). The second-order valence-corrected chi connectivity index (χ2v) is 3.78. The van der Waals surface area contributed by atoms with Crippen LogP contribution in [-0.2, 0) is 9.53 Å². The molecule has 0 spiro atoms. The molecule has 0 aromatic rings. The van der Waals surface area contributed by atoms with Gasteiger partial charge in [0.2, 0.25) is 0 Å². The van der Waals surface area contributed by atoms with Crippen LogP contribution < -0.4 is 0 Å². The van der Waals surface area contributed by atoms with E-state index in [1.54, 1.807) is 13.8 Å². The number of rotatable bonds is 4. The number of carbonyl (C=O) groups excluding carboxylic acids is 1. The standard InChI is InChI=1S/C10H18O3/c1-6-9(12)13-8(3)10(4,5)7(2)11/h6-8,11H,1H2,2-5H3. The van der Waals surface area contributed by atoms with Gasteiger partial charge in [0, 0.05) is 11.5 Å². The molecule has 0 amide bonds. The average Bonchev–Trinajstić information content (AvgIpc) is 2.03. The van der Waals surface area contributed by atoms with Crippen LogP contribution in [-0.4, -0.2) is 23.3 Å². The summed E-state index contributed by atoms with van der Waals surface area (Å²) in [4.78, 5) is 10.9. The zero-order chi connectivity index (χ0) is 10.6. The summed E-state index contributed by atoms with van der Waals surface area (Å²) in [5, 5.41) is 9.42. The van der Waals surface area contributed by atoms with Crippen molar-refractivity contribution in [3.05, 3.63) is 12.7 Å². The molecule has 3 nitrogen and oxygen atoms in total. The molecule has 0 bridgehead atoms. The molecule has 0 aromatic heterocycles. The van der Waals surface area contributed by atoms with Gasteiger partial charge in [-0.1, -0.05) is 20.4 Å². The number of esters is 1. The molecule has 0 fully saturated rings. The van der Waals surface area contributed by atoms with E-state index < -0.39 is 17.5 Å². The summed E-state index contributed by atoms with van der Waals surface area (Å²) in [6, 6.07) is 0. The molecular weight excluding hydrogens is 168 g/mol. The zero-order valence-corrected chi connectivity index (χ0v) is 8.70. The molecule has 0 aromatic carbocycles. The monoisotopic (exact) mass is 186 g/mol. The quantitative estimate of drug-likeness (QED) is 0.534. The van der Waals surface area contributed by atoms with Crippen molar-refractivity contribution in [2.24, 2.45) is 5.41 Å². The minimum Gasteiger partial charge on any atom is -0.459 e. The summed E-state index contributed by atoms with van der Waals surface area (Å²) in [6.45, 7) is 10.4. The Kier molecular flexibility index (Phi) is 4.14. The third-order valence-corrected chi connectivity index (χ3v) is 2.58. The van der Waals surface area contributed by atoms with Crippen molar-refractivity contribution in [3.8, 4) is 0 Å². The molecule has 0 aliphatic carbocycles. The highest BCUT2D eigenvalue weighted by atomic mass is 16.5. The van der Waals surface area contributed by atoms with Gasteiger partial charge >= 0.3 is 5.97 Å². The van der Waals surface area contributed by atoms with E-state index in [1.165, 1.54) is 0 Å². The first-order valence-electron chi connectivity index (χ1n) is 4.33. The highest BCUT2D eigenvalue weighted by Crippen LogP contribution is 2.27. The first-order chi connectivity index (χ1) is 5.82. The van der Waals surface area contributed by atoms with E-state index in [1.807, 2.05) is 13.8 Å². The Labute approximate surface area is 79.4 Å². The lowest BCUT2D eigenvalue weighted by atomic mass is 9.82. The predicted molar refractivity (Wildman–Crippen MR) is 51.2 cm³/mol. The molecule has 0 aliphatic rings. The van der Waals surface area contributed by atoms with E-state index >= 15 is 0 Å². The first kappa shape index (κ1) is 12.2. The Balaban J connectivity index is 4.32. The molecular formula is C10H18O3. The summed E-state index contributed by atoms with van der Waals surface area (Å²) < 4.78 is 5.01. The normalized spacial score (nSPS) is 16.1. The van der Waals surface area contributed by atoms with Crippen molar-refractivity contribution in [2.75, 3.05) is 0 Å². The van der Waals surface area contributed by atoms with Crippen molar-refractivity contribution >= 4 is 5.97 Å². The van der Waals surface area contributed by atoms with Crippen LogP contribution in [0.15, 0.2) is 12.7 Å². The number of carbonyl (C=O) groups is 1. The molecule has 0 saturated heterocycles. The van der Waals surface area contributed by atoms with Crippen LogP contribution in [0.1, 0.15) is 27.7 Å². The Morgan fingerprint density at radius 3 is 2.31 bits per heavy atom. The van der Waals surface area contributed by atoms with Crippen molar-refractivity contribution < 1.29 is 14.6 Å². The van der Waals surface area contributed by atoms with Gasteiger partial charge in [-0.05, 0) is 13.8 Å². The van der Waals surface area contributed by atoms with E-state index in [9.17, 15) is 9.90 Å². The van der Waals surface area contributed by atoms with E-state index in [2.05, 4.69) is 6.58 Å². The van der Waals surface area contributed by atoms with Crippen molar-refractivity contribution in [2.45, 2.75) is 39.9 Å². The van der Waals surface area contributed by atoms with Crippen LogP contribution in [0.3, 0.4) is 0 Å². The van der Waals surface area contributed by atoms with Crippen LogP contribution in [0.25, 0.3) is 0 Å². The highest BCUT2D eigenvalue weighted by Gasteiger charge is 2.33. The molecule has 0 saturated carbocycles. The molecule has 0 aliphatic heterocycles. The third-order valence-electron chi connectivity index (χ3n) is 2.58. The molecule has 0 heterocycles. The lowest BCUT2D eigenvalue weighted by molar-refractivity contribution is -0.151. The fourth-order valence-electron chi connectivity index (χ4n) is 0.714. The summed E-state index contributed by atoms with van der Waals surface area (Å²) in [5.41, 5.74) is -0.446. The average molecular weight is 186 g/mol. The van der Waals surface area contributed by atoms with Crippen molar-refractivity contribution in [1.82, 2.24) is 0 Å². The maximum absolute atomic E-state index is 10.9. The Bertz CT molecular complexity index is 194. The fraction of sp³-hybridized carbons (Fsp3) is 0.700. The minimum atomic E-state index is -0.528. The maximum atomic E-state index is 10.9. The van der Waals surface area contributed by atoms with E-state index in [4.69, 9.17) is 4.74 Å². The molecule has 2 atom stereocenters. The van der Waals surface area contributed by atoms with Gasteiger partial charge in [0.05, 0.1) is 6.10 Å². The number of aliphatic hydroxyl groups is 1. The van der Waals surface area contributed by atoms with Gasteiger partial charge in [-0.2, -0.15) is 0 Å². The largest absolute Gasteiger partial charge is 0.459 e. The van der Waals surface area contributed by atoms with E-state index in [-0.39, 0.29) is 6.10 Å². The van der Waals surface area contributed by atoms with E-state index in [0.717, 1.165) is 6.08 Å². The van der Waals surface area contributed by atoms with Crippen LogP contribution in [0.2, 0.25) is 0 Å². The van der Waals surface area contributed by atoms with Crippen molar-refractivity contribution in [3.63, 3.8) is 0 Å². The van der Waals surface area contributed by atoms with Gasteiger partial charge in [0.25, 0.3) is 0 Å². The van der Waals surface area contributed by atoms with Gasteiger partial charge in [-0.15, -0.1) is 0 Å². The number of hydrogen-bond acceptors (Lipinski definition) is 3. The molecule has 2 unspecified atom stereocenters. The number of aliphatic hydroxyl groups excluding tert-OH is 1. The van der Waals surface area contributed by atoms with Gasteiger partial charge in [0.15, 0.2) is 0 Å². The summed E-state index contributed by atoms with van der Waals surface area (Å²) in [5.74, 6) is -0.457. The number of ether oxygens (including phenoxy) is 1.